The Labute approximate surface area is 230 Å². The lowest BCUT2D eigenvalue weighted by Crippen LogP contribution is -2.29. The Morgan fingerprint density at radius 2 is 1.66 bits per heavy atom. The van der Waals surface area contributed by atoms with Crippen molar-refractivity contribution < 1.29 is 4.74 Å². The normalized spacial score (nSPS) is 19.7. The minimum Gasteiger partial charge on any atom is -0.490 e. The summed E-state index contributed by atoms with van der Waals surface area (Å²) in [6.45, 7) is 6.56. The van der Waals surface area contributed by atoms with Crippen molar-refractivity contribution in [2.75, 3.05) is 4.90 Å². The van der Waals surface area contributed by atoms with Crippen LogP contribution in [0.1, 0.15) is 66.0 Å². The Morgan fingerprint density at radius 3 is 2.37 bits per heavy atom. The zero-order valence-electron chi connectivity index (χ0n) is 22.2. The van der Waals surface area contributed by atoms with Crippen molar-refractivity contribution in [1.82, 2.24) is 14.9 Å². The van der Waals surface area contributed by atoms with E-state index in [-0.39, 0.29) is 12.1 Å². The topological polar surface area (TPSA) is 42.3 Å². The summed E-state index contributed by atoms with van der Waals surface area (Å²) in [5.74, 6) is 0.925. The first-order valence-corrected chi connectivity index (χ1v) is 13.9. The number of ether oxygens (including phenoxy) is 1. The molecule has 0 radical (unpaired) electrons. The molecule has 1 aliphatic heterocycles. The SMILES string of the molecule is Cc1ccccc1-n1c(C)cc([C@@H]2[C@H](c3ccccn3)NC(=S)N2c2ccc(OC3CCCC3)cc2)c1C. The lowest BCUT2D eigenvalue weighted by Gasteiger charge is -2.28. The third-order valence-electron chi connectivity index (χ3n) is 7.96. The molecule has 0 bridgehead atoms. The Bertz CT molecular complexity index is 1440. The number of aromatic nitrogens is 2. The predicted molar refractivity (Wildman–Crippen MR) is 157 cm³/mol. The van der Waals surface area contributed by atoms with Gasteiger partial charge < -0.3 is 19.5 Å². The smallest absolute Gasteiger partial charge is 0.174 e. The second-order valence-corrected chi connectivity index (χ2v) is 10.8. The quantitative estimate of drug-likeness (QED) is 0.269. The fraction of sp³-hybridized carbons (Fsp3) is 0.312. The number of aryl methyl sites for hydroxylation is 2. The van der Waals surface area contributed by atoms with Crippen LogP contribution in [0.2, 0.25) is 0 Å². The highest BCUT2D eigenvalue weighted by atomic mass is 32.1. The maximum absolute atomic E-state index is 6.24. The molecular formula is C32H34N4OS. The van der Waals surface area contributed by atoms with Crippen LogP contribution in [0.25, 0.3) is 5.69 Å². The number of anilines is 1. The molecule has 5 nitrogen and oxygen atoms in total. The first-order chi connectivity index (χ1) is 18.5. The number of hydrogen-bond acceptors (Lipinski definition) is 3. The van der Waals surface area contributed by atoms with Crippen LogP contribution in [0, 0.1) is 20.8 Å². The van der Waals surface area contributed by atoms with Crippen molar-refractivity contribution in [3.8, 4) is 11.4 Å². The number of hydrogen-bond donors (Lipinski definition) is 1. The van der Waals surface area contributed by atoms with Gasteiger partial charge in [-0.3, -0.25) is 4.98 Å². The molecule has 0 spiro atoms. The largest absolute Gasteiger partial charge is 0.490 e. The van der Waals surface area contributed by atoms with E-state index in [0.717, 1.165) is 30.0 Å². The molecule has 1 saturated carbocycles. The molecule has 2 aromatic carbocycles. The molecule has 0 amide bonds. The second-order valence-electron chi connectivity index (χ2n) is 10.5. The van der Waals surface area contributed by atoms with Crippen molar-refractivity contribution in [3.05, 3.63) is 107 Å². The molecule has 2 aliphatic rings. The van der Waals surface area contributed by atoms with E-state index in [2.05, 4.69) is 96.2 Å². The summed E-state index contributed by atoms with van der Waals surface area (Å²) < 4.78 is 8.60. The van der Waals surface area contributed by atoms with E-state index in [1.54, 1.807) is 0 Å². The molecule has 6 heteroatoms. The van der Waals surface area contributed by atoms with E-state index in [1.165, 1.54) is 41.0 Å². The van der Waals surface area contributed by atoms with Crippen molar-refractivity contribution in [3.63, 3.8) is 0 Å². The highest BCUT2D eigenvalue weighted by molar-refractivity contribution is 7.80. The van der Waals surface area contributed by atoms with Gasteiger partial charge in [0.25, 0.3) is 0 Å². The molecule has 3 heterocycles. The average molecular weight is 523 g/mol. The molecule has 0 unspecified atom stereocenters. The highest BCUT2D eigenvalue weighted by Crippen LogP contribution is 2.44. The van der Waals surface area contributed by atoms with Gasteiger partial charge in [-0.15, -0.1) is 0 Å². The maximum Gasteiger partial charge on any atom is 0.174 e. The summed E-state index contributed by atoms with van der Waals surface area (Å²) in [5, 5.41) is 4.31. The van der Waals surface area contributed by atoms with Crippen LogP contribution < -0.4 is 15.0 Å². The van der Waals surface area contributed by atoms with Crippen LogP contribution in [-0.2, 0) is 0 Å². The summed E-state index contributed by atoms with van der Waals surface area (Å²) in [6, 6.07) is 25.2. The summed E-state index contributed by atoms with van der Waals surface area (Å²) in [5.41, 5.74) is 8.12. The number of para-hydroxylation sites is 1. The van der Waals surface area contributed by atoms with E-state index < -0.39 is 0 Å². The lowest BCUT2D eigenvalue weighted by atomic mass is 9.96. The van der Waals surface area contributed by atoms with Gasteiger partial charge in [-0.25, -0.2) is 0 Å². The standard InChI is InChI=1S/C32H34N4OS/c1-21-10-4-7-14-29(21)35-22(2)20-27(23(35)3)31-30(28-13-8-9-19-33-28)34-32(38)36(31)24-15-17-26(18-16-24)37-25-11-5-6-12-25/h4,7-10,13-20,25,30-31H,5-6,11-12H2,1-3H3,(H,34,38)/t30-,31+/m0/s1. The van der Waals surface area contributed by atoms with E-state index in [9.17, 15) is 0 Å². The molecule has 194 valence electrons. The number of rotatable bonds is 6. The van der Waals surface area contributed by atoms with E-state index in [1.807, 2.05) is 18.3 Å². The van der Waals surface area contributed by atoms with Crippen molar-refractivity contribution >= 4 is 23.0 Å². The number of thiocarbonyl (C=S) groups is 1. The van der Waals surface area contributed by atoms with Gasteiger partial charge in [-0.1, -0.05) is 24.3 Å². The van der Waals surface area contributed by atoms with Gasteiger partial charge >= 0.3 is 0 Å². The second kappa shape index (κ2) is 10.3. The monoisotopic (exact) mass is 522 g/mol. The Kier molecular flexibility index (Phi) is 6.66. The van der Waals surface area contributed by atoms with E-state index in [0.29, 0.717) is 11.2 Å². The molecule has 1 aliphatic carbocycles. The number of pyridine rings is 1. The van der Waals surface area contributed by atoms with Gasteiger partial charge in [-0.2, -0.15) is 0 Å². The van der Waals surface area contributed by atoms with Gasteiger partial charge in [0.2, 0.25) is 0 Å². The predicted octanol–water partition coefficient (Wildman–Crippen LogP) is 7.30. The molecule has 1 saturated heterocycles. The minimum atomic E-state index is -0.0797. The van der Waals surface area contributed by atoms with Crippen molar-refractivity contribution in [2.45, 2.75) is 64.6 Å². The molecule has 2 atom stereocenters. The average Bonchev–Trinajstić information content (AvgIpc) is 3.63. The molecule has 38 heavy (non-hydrogen) atoms. The lowest BCUT2D eigenvalue weighted by molar-refractivity contribution is 0.210. The minimum absolute atomic E-state index is 0.0528. The summed E-state index contributed by atoms with van der Waals surface area (Å²) in [7, 11) is 0. The van der Waals surface area contributed by atoms with Gasteiger partial charge in [0.1, 0.15) is 5.75 Å². The van der Waals surface area contributed by atoms with E-state index >= 15 is 0 Å². The Balaban J connectivity index is 1.42. The Morgan fingerprint density at radius 1 is 0.921 bits per heavy atom. The molecule has 2 fully saturated rings. The first-order valence-electron chi connectivity index (χ1n) is 13.5. The number of nitrogens with zero attached hydrogens (tertiary/aromatic N) is 3. The fourth-order valence-corrected chi connectivity index (χ4v) is 6.45. The molecular weight excluding hydrogens is 488 g/mol. The van der Waals surface area contributed by atoms with Crippen LogP contribution in [0.4, 0.5) is 5.69 Å². The summed E-state index contributed by atoms with van der Waals surface area (Å²) in [6.07, 6.45) is 7.00. The zero-order valence-corrected chi connectivity index (χ0v) is 23.0. The fourth-order valence-electron chi connectivity index (χ4n) is 6.11. The van der Waals surface area contributed by atoms with Crippen LogP contribution >= 0.6 is 12.2 Å². The third-order valence-corrected chi connectivity index (χ3v) is 8.28. The number of nitrogens with one attached hydrogen (secondary N) is 1. The van der Waals surface area contributed by atoms with E-state index in [4.69, 9.17) is 21.9 Å². The molecule has 6 rings (SSSR count). The van der Waals surface area contributed by atoms with Gasteiger partial charge in [0.05, 0.1) is 23.9 Å². The van der Waals surface area contributed by atoms with Crippen LogP contribution in [0.5, 0.6) is 5.75 Å². The molecule has 1 N–H and O–H groups in total. The van der Waals surface area contributed by atoms with Crippen molar-refractivity contribution in [2.24, 2.45) is 0 Å². The van der Waals surface area contributed by atoms with Gasteiger partial charge in [0.15, 0.2) is 5.11 Å². The Hall–Kier alpha value is -3.64. The van der Waals surface area contributed by atoms with Crippen LogP contribution in [0.15, 0.2) is 79.0 Å². The van der Waals surface area contributed by atoms with Crippen LogP contribution in [-0.4, -0.2) is 20.8 Å². The maximum atomic E-state index is 6.24. The van der Waals surface area contributed by atoms with Crippen LogP contribution in [0.3, 0.4) is 0 Å². The van der Waals surface area contributed by atoms with Gasteiger partial charge in [-0.05, 0) is 118 Å². The number of benzene rings is 2. The summed E-state index contributed by atoms with van der Waals surface area (Å²) in [4.78, 5) is 6.97. The zero-order chi connectivity index (χ0) is 26.2. The van der Waals surface area contributed by atoms with Crippen molar-refractivity contribution in [1.29, 1.82) is 0 Å². The molecule has 2 aromatic heterocycles. The highest BCUT2D eigenvalue weighted by Gasteiger charge is 2.42. The third kappa shape index (κ3) is 4.47. The van der Waals surface area contributed by atoms with Gasteiger partial charge in [0, 0.05) is 29.0 Å². The summed E-state index contributed by atoms with van der Waals surface area (Å²) >= 11 is 5.97. The molecule has 4 aromatic rings. The first kappa shape index (κ1) is 24.7.